The lowest BCUT2D eigenvalue weighted by Gasteiger charge is -2.24. The van der Waals surface area contributed by atoms with E-state index in [1.54, 1.807) is 30.8 Å². The molecule has 0 spiro atoms. The van der Waals surface area contributed by atoms with E-state index in [0.717, 1.165) is 21.2 Å². The number of nitrogens with zero attached hydrogens (tertiary/aromatic N) is 3. The number of amides is 1. The van der Waals surface area contributed by atoms with Gasteiger partial charge in [-0.25, -0.2) is 0 Å². The molecule has 1 unspecified atom stereocenters. The molecule has 0 radical (unpaired) electrons. The second-order valence-corrected chi connectivity index (χ2v) is 6.49. The van der Waals surface area contributed by atoms with E-state index >= 15 is 0 Å². The van der Waals surface area contributed by atoms with Crippen LogP contribution in [0.1, 0.15) is 12.0 Å². The van der Waals surface area contributed by atoms with Crippen molar-refractivity contribution in [3.63, 3.8) is 0 Å². The highest BCUT2D eigenvalue weighted by atomic mass is 32.2. The van der Waals surface area contributed by atoms with Crippen LogP contribution in [0.15, 0.2) is 41.3 Å². The SMILES string of the molecule is CN(C)C(=O)C1CC(=[N+]=[N-])c2c(ccc3ccccc23)S1. The smallest absolute Gasteiger partial charge is 0.302 e. The highest BCUT2D eigenvalue weighted by Crippen LogP contribution is 2.39. The fourth-order valence-corrected chi connectivity index (χ4v) is 3.99. The molecule has 3 rings (SSSR count). The van der Waals surface area contributed by atoms with Crippen LogP contribution in [0.4, 0.5) is 0 Å². The van der Waals surface area contributed by atoms with Gasteiger partial charge < -0.3 is 10.4 Å². The Bertz CT molecular complexity index is 778. The molecular formula is C16H15N3OS. The Morgan fingerprint density at radius 3 is 2.76 bits per heavy atom. The zero-order valence-corrected chi connectivity index (χ0v) is 12.7. The number of benzene rings is 2. The molecule has 2 aromatic rings. The first-order chi connectivity index (χ1) is 10.1. The highest BCUT2D eigenvalue weighted by Gasteiger charge is 2.35. The Morgan fingerprint density at radius 1 is 1.29 bits per heavy atom. The first kappa shape index (κ1) is 13.9. The Labute approximate surface area is 127 Å². The maximum Gasteiger partial charge on any atom is 0.302 e. The number of carbonyl (C=O) groups excluding carboxylic acids is 1. The normalized spacial score (nSPS) is 17.2. The van der Waals surface area contributed by atoms with E-state index in [1.807, 2.05) is 36.4 Å². The van der Waals surface area contributed by atoms with Crippen LogP contribution in [0, 0.1) is 0 Å². The van der Waals surface area contributed by atoms with E-state index in [9.17, 15) is 10.3 Å². The van der Waals surface area contributed by atoms with Crippen LogP contribution in [0.5, 0.6) is 0 Å². The third kappa shape index (κ3) is 2.35. The van der Waals surface area contributed by atoms with Gasteiger partial charge >= 0.3 is 5.71 Å². The standard InChI is InChI=1S/C16H15N3OS/c1-19(2)16(20)14-9-12(18-17)15-11-6-4-3-5-10(11)7-8-13(15)21-14/h3-8,14H,9H2,1-2H3. The predicted octanol–water partition coefficient (Wildman–Crippen LogP) is 2.81. The summed E-state index contributed by atoms with van der Waals surface area (Å²) in [5.74, 6) is 0.0416. The van der Waals surface area contributed by atoms with E-state index < -0.39 is 0 Å². The predicted molar refractivity (Wildman–Crippen MR) is 84.6 cm³/mol. The van der Waals surface area contributed by atoms with Crippen molar-refractivity contribution < 1.29 is 9.58 Å². The van der Waals surface area contributed by atoms with E-state index in [0.29, 0.717) is 12.1 Å². The second-order valence-electron chi connectivity index (χ2n) is 5.25. The lowest BCUT2D eigenvalue weighted by atomic mass is 9.97. The summed E-state index contributed by atoms with van der Waals surface area (Å²) in [5.41, 5.74) is 10.9. The Morgan fingerprint density at radius 2 is 2.05 bits per heavy atom. The van der Waals surface area contributed by atoms with Crippen molar-refractivity contribution in [3.05, 3.63) is 47.5 Å². The van der Waals surface area contributed by atoms with Crippen molar-refractivity contribution in [2.24, 2.45) is 0 Å². The molecule has 2 aromatic carbocycles. The van der Waals surface area contributed by atoms with Crippen molar-refractivity contribution in [2.45, 2.75) is 16.6 Å². The van der Waals surface area contributed by atoms with Gasteiger partial charge in [-0.1, -0.05) is 30.3 Å². The zero-order valence-electron chi connectivity index (χ0n) is 11.9. The molecule has 1 amide bonds. The molecule has 21 heavy (non-hydrogen) atoms. The van der Waals surface area contributed by atoms with Gasteiger partial charge in [-0.2, -0.15) is 4.79 Å². The monoisotopic (exact) mass is 297 g/mol. The molecule has 1 aliphatic rings. The molecule has 1 aliphatic heterocycles. The molecule has 0 aliphatic carbocycles. The van der Waals surface area contributed by atoms with Crippen molar-refractivity contribution in [2.75, 3.05) is 14.1 Å². The van der Waals surface area contributed by atoms with Gasteiger partial charge in [-0.3, -0.25) is 4.79 Å². The summed E-state index contributed by atoms with van der Waals surface area (Å²) < 4.78 is 0. The summed E-state index contributed by atoms with van der Waals surface area (Å²) in [4.78, 5) is 18.2. The minimum atomic E-state index is -0.237. The highest BCUT2D eigenvalue weighted by molar-refractivity contribution is 8.00. The minimum absolute atomic E-state index is 0.0416. The summed E-state index contributed by atoms with van der Waals surface area (Å²) in [5, 5.41) is 1.93. The number of fused-ring (bicyclic) bond motifs is 3. The molecule has 0 N–H and O–H groups in total. The number of thioether (sulfide) groups is 1. The Balaban J connectivity index is 2.16. The maximum atomic E-state index is 12.2. The summed E-state index contributed by atoms with van der Waals surface area (Å²) in [6.45, 7) is 0. The molecule has 0 fully saturated rings. The fourth-order valence-electron chi connectivity index (χ4n) is 2.64. The first-order valence-corrected chi connectivity index (χ1v) is 7.60. The lowest BCUT2D eigenvalue weighted by molar-refractivity contribution is -0.128. The van der Waals surface area contributed by atoms with Crippen molar-refractivity contribution in [1.82, 2.24) is 4.90 Å². The number of hydrogen-bond acceptors (Lipinski definition) is 2. The molecular weight excluding hydrogens is 282 g/mol. The van der Waals surface area contributed by atoms with Crippen LogP contribution in [-0.2, 0) is 4.79 Å². The molecule has 0 bridgehead atoms. The average Bonchev–Trinajstić information content (AvgIpc) is 2.52. The molecule has 0 saturated carbocycles. The molecule has 1 atom stereocenters. The van der Waals surface area contributed by atoms with Gasteiger partial charge in [-0.15, -0.1) is 11.8 Å². The summed E-state index contributed by atoms with van der Waals surface area (Å²) in [6, 6.07) is 12.1. The molecule has 0 saturated heterocycles. The van der Waals surface area contributed by atoms with E-state index in [2.05, 4.69) is 4.79 Å². The number of hydrogen-bond donors (Lipinski definition) is 0. The van der Waals surface area contributed by atoms with E-state index in [4.69, 9.17) is 0 Å². The van der Waals surface area contributed by atoms with Crippen LogP contribution < -0.4 is 0 Å². The quantitative estimate of drug-likeness (QED) is 0.600. The third-order valence-electron chi connectivity index (χ3n) is 3.66. The van der Waals surface area contributed by atoms with Gasteiger partial charge in [0.15, 0.2) is 0 Å². The summed E-state index contributed by atoms with van der Waals surface area (Å²) in [7, 11) is 3.49. The first-order valence-electron chi connectivity index (χ1n) is 6.72. The van der Waals surface area contributed by atoms with Gasteiger partial charge in [0.05, 0.1) is 17.2 Å². The molecule has 5 heteroatoms. The van der Waals surface area contributed by atoms with Gasteiger partial charge in [0.25, 0.3) is 0 Å². The Hall–Kier alpha value is -2.10. The minimum Gasteiger partial charge on any atom is -0.361 e. The van der Waals surface area contributed by atoms with E-state index in [-0.39, 0.29) is 11.2 Å². The fraction of sp³-hybridized carbons (Fsp3) is 0.250. The largest absolute Gasteiger partial charge is 0.361 e. The van der Waals surface area contributed by atoms with Crippen LogP contribution >= 0.6 is 11.8 Å². The Kier molecular flexibility index (Phi) is 3.53. The lowest BCUT2D eigenvalue weighted by Crippen LogP contribution is -2.35. The summed E-state index contributed by atoms with van der Waals surface area (Å²) in [6.07, 6.45) is 0.444. The van der Waals surface area contributed by atoms with Crippen molar-refractivity contribution in [3.8, 4) is 0 Å². The topological polar surface area (TPSA) is 56.7 Å². The van der Waals surface area contributed by atoms with Crippen LogP contribution in [-0.4, -0.2) is 40.7 Å². The second kappa shape index (κ2) is 5.35. The number of carbonyl (C=O) groups is 1. The average molecular weight is 297 g/mol. The van der Waals surface area contributed by atoms with Crippen LogP contribution in [0.25, 0.3) is 16.3 Å². The van der Waals surface area contributed by atoms with Crippen LogP contribution in [0.2, 0.25) is 0 Å². The molecule has 1 heterocycles. The molecule has 106 valence electrons. The summed E-state index contributed by atoms with van der Waals surface area (Å²) >= 11 is 1.54. The van der Waals surface area contributed by atoms with Gasteiger partial charge in [0, 0.05) is 19.0 Å². The van der Waals surface area contributed by atoms with Gasteiger partial charge in [-0.05, 0) is 16.8 Å². The van der Waals surface area contributed by atoms with Crippen molar-refractivity contribution >= 4 is 34.2 Å². The molecule has 4 nitrogen and oxygen atoms in total. The zero-order chi connectivity index (χ0) is 15.0. The van der Waals surface area contributed by atoms with Crippen LogP contribution in [0.3, 0.4) is 0 Å². The molecule has 0 aromatic heterocycles. The third-order valence-corrected chi connectivity index (χ3v) is 4.91. The van der Waals surface area contributed by atoms with Crippen molar-refractivity contribution in [1.29, 1.82) is 0 Å². The number of rotatable bonds is 1. The maximum absolute atomic E-state index is 12.2. The van der Waals surface area contributed by atoms with Gasteiger partial charge in [0.2, 0.25) is 5.91 Å². The van der Waals surface area contributed by atoms with E-state index in [1.165, 1.54) is 0 Å². The van der Waals surface area contributed by atoms with Gasteiger partial charge in [0.1, 0.15) is 0 Å².